The summed E-state index contributed by atoms with van der Waals surface area (Å²) in [6.07, 6.45) is 5.18. The molecule has 0 aliphatic heterocycles. The highest BCUT2D eigenvalue weighted by Crippen LogP contribution is 2.12. The van der Waals surface area contributed by atoms with E-state index in [9.17, 15) is 9.59 Å². The van der Waals surface area contributed by atoms with Gasteiger partial charge in [0.25, 0.3) is 0 Å². The summed E-state index contributed by atoms with van der Waals surface area (Å²) >= 11 is 0. The molecule has 1 heterocycles. The lowest BCUT2D eigenvalue weighted by atomic mass is 9.97. The number of aliphatic carboxylic acids is 1. The van der Waals surface area contributed by atoms with Crippen LogP contribution in [0.1, 0.15) is 32.5 Å². The smallest absolute Gasteiger partial charge is 0.329 e. The molecule has 1 atom stereocenters. The first kappa shape index (κ1) is 16.0. The molecule has 0 fully saturated rings. The van der Waals surface area contributed by atoms with Gasteiger partial charge in [0.05, 0.1) is 0 Å². The van der Waals surface area contributed by atoms with E-state index in [0.717, 1.165) is 5.82 Å². The number of nitrogens with zero attached hydrogens (tertiary/aromatic N) is 2. The normalized spacial score (nSPS) is 13.6. The van der Waals surface area contributed by atoms with Crippen LogP contribution in [0.3, 0.4) is 0 Å². The Morgan fingerprint density at radius 2 is 2.20 bits per heavy atom. The first-order valence-corrected chi connectivity index (χ1v) is 6.64. The fourth-order valence-corrected chi connectivity index (χ4v) is 1.94. The number of amides is 2. The third-order valence-electron chi connectivity index (χ3n) is 3.17. The van der Waals surface area contributed by atoms with Gasteiger partial charge >= 0.3 is 12.0 Å². The number of urea groups is 1. The molecule has 0 aromatic carbocycles. The Morgan fingerprint density at radius 1 is 1.50 bits per heavy atom. The van der Waals surface area contributed by atoms with E-state index in [-0.39, 0.29) is 0 Å². The molecule has 7 nitrogen and oxygen atoms in total. The lowest BCUT2D eigenvalue weighted by Gasteiger charge is -2.25. The summed E-state index contributed by atoms with van der Waals surface area (Å²) in [6.45, 7) is 3.79. The molecule has 7 heteroatoms. The number of imidazole rings is 1. The second-order valence-corrected chi connectivity index (χ2v) is 4.97. The molecule has 0 saturated heterocycles. The number of carboxylic acid groups (broad SMARTS) is 1. The molecule has 1 aromatic heterocycles. The summed E-state index contributed by atoms with van der Waals surface area (Å²) in [5, 5.41) is 14.3. The number of rotatable bonds is 7. The van der Waals surface area contributed by atoms with Crippen LogP contribution in [0.25, 0.3) is 0 Å². The van der Waals surface area contributed by atoms with Gasteiger partial charge in [0.1, 0.15) is 11.4 Å². The van der Waals surface area contributed by atoms with E-state index in [1.807, 2.05) is 24.7 Å². The molecule has 112 valence electrons. The monoisotopic (exact) mass is 282 g/mol. The predicted molar refractivity (Wildman–Crippen MR) is 74.4 cm³/mol. The number of aryl methyl sites for hydroxylation is 1. The van der Waals surface area contributed by atoms with E-state index in [4.69, 9.17) is 5.11 Å². The van der Waals surface area contributed by atoms with Crippen molar-refractivity contribution in [3.05, 3.63) is 18.2 Å². The summed E-state index contributed by atoms with van der Waals surface area (Å²) in [7, 11) is 1.88. The van der Waals surface area contributed by atoms with Crippen LogP contribution in [0, 0.1) is 0 Å². The first-order valence-electron chi connectivity index (χ1n) is 6.64. The minimum absolute atomic E-state index is 0.384. The highest BCUT2D eigenvalue weighted by Gasteiger charge is 2.33. The van der Waals surface area contributed by atoms with Crippen LogP contribution in [0.15, 0.2) is 12.4 Å². The number of carbonyl (C=O) groups excluding carboxylic acids is 1. The van der Waals surface area contributed by atoms with E-state index >= 15 is 0 Å². The lowest BCUT2D eigenvalue weighted by molar-refractivity contribution is -0.144. The van der Waals surface area contributed by atoms with Crippen LogP contribution in [0.2, 0.25) is 0 Å². The van der Waals surface area contributed by atoms with Gasteiger partial charge in [-0.05, 0) is 13.3 Å². The fraction of sp³-hybridized carbons (Fsp3) is 0.615. The highest BCUT2D eigenvalue weighted by molar-refractivity contribution is 5.85. The molecule has 0 aliphatic carbocycles. The van der Waals surface area contributed by atoms with Gasteiger partial charge in [-0.1, -0.05) is 13.3 Å². The van der Waals surface area contributed by atoms with Gasteiger partial charge < -0.3 is 20.3 Å². The third-order valence-corrected chi connectivity index (χ3v) is 3.17. The zero-order valence-electron chi connectivity index (χ0n) is 12.1. The molecule has 1 aromatic rings. The summed E-state index contributed by atoms with van der Waals surface area (Å²) in [4.78, 5) is 27.1. The number of carboxylic acids is 1. The van der Waals surface area contributed by atoms with Crippen molar-refractivity contribution in [1.82, 2.24) is 20.2 Å². The molecular weight excluding hydrogens is 260 g/mol. The number of carbonyl (C=O) groups is 2. The van der Waals surface area contributed by atoms with Gasteiger partial charge in [0.15, 0.2) is 0 Å². The molecule has 20 heavy (non-hydrogen) atoms. The van der Waals surface area contributed by atoms with Crippen molar-refractivity contribution in [3.63, 3.8) is 0 Å². The van der Waals surface area contributed by atoms with Crippen LogP contribution in [0.5, 0.6) is 0 Å². The van der Waals surface area contributed by atoms with Gasteiger partial charge in [0.2, 0.25) is 0 Å². The number of aromatic nitrogens is 2. The van der Waals surface area contributed by atoms with E-state index < -0.39 is 17.5 Å². The van der Waals surface area contributed by atoms with E-state index in [0.29, 0.717) is 25.8 Å². The third kappa shape index (κ3) is 4.25. The van der Waals surface area contributed by atoms with Gasteiger partial charge in [-0.25, -0.2) is 14.6 Å². The summed E-state index contributed by atoms with van der Waals surface area (Å²) in [5.74, 6) is -0.168. The summed E-state index contributed by atoms with van der Waals surface area (Å²) in [5.41, 5.74) is -1.23. The molecule has 2 amide bonds. The number of hydrogen-bond acceptors (Lipinski definition) is 3. The van der Waals surface area contributed by atoms with Crippen LogP contribution in [-0.2, 0) is 18.3 Å². The average Bonchev–Trinajstić information content (AvgIpc) is 2.75. The Morgan fingerprint density at radius 3 is 2.70 bits per heavy atom. The van der Waals surface area contributed by atoms with Crippen molar-refractivity contribution >= 4 is 12.0 Å². The fourth-order valence-electron chi connectivity index (χ4n) is 1.94. The first-order chi connectivity index (χ1) is 9.39. The minimum atomic E-state index is -1.23. The van der Waals surface area contributed by atoms with Crippen LogP contribution in [-0.4, -0.2) is 38.7 Å². The Balaban J connectivity index is 2.43. The van der Waals surface area contributed by atoms with E-state index in [1.165, 1.54) is 6.92 Å². The Labute approximate surface area is 118 Å². The standard InChI is InChI=1S/C13H22N4O3/c1-4-6-13(2,11(18)19)16-12(20)15-7-5-10-14-8-9-17(10)3/h8-9H,4-7H2,1-3H3,(H,18,19)(H2,15,16,20). The summed E-state index contributed by atoms with van der Waals surface area (Å²) < 4.78 is 1.87. The van der Waals surface area contributed by atoms with Crippen molar-refractivity contribution in [2.24, 2.45) is 7.05 Å². The average molecular weight is 282 g/mol. The Bertz CT molecular complexity index is 472. The molecule has 0 aliphatic rings. The van der Waals surface area contributed by atoms with Gasteiger partial charge in [-0.15, -0.1) is 0 Å². The predicted octanol–water partition coefficient (Wildman–Crippen LogP) is 0.905. The zero-order valence-corrected chi connectivity index (χ0v) is 12.1. The van der Waals surface area contributed by atoms with Gasteiger partial charge in [-0.2, -0.15) is 0 Å². The van der Waals surface area contributed by atoms with Crippen LogP contribution >= 0.6 is 0 Å². The van der Waals surface area contributed by atoms with E-state index in [2.05, 4.69) is 15.6 Å². The number of nitrogens with one attached hydrogen (secondary N) is 2. The summed E-state index contributed by atoms with van der Waals surface area (Å²) in [6, 6.07) is -0.474. The Hall–Kier alpha value is -2.05. The van der Waals surface area contributed by atoms with Crippen molar-refractivity contribution in [2.45, 2.75) is 38.6 Å². The molecule has 3 N–H and O–H groups in total. The second-order valence-electron chi connectivity index (χ2n) is 4.97. The maximum absolute atomic E-state index is 11.7. The Kier molecular flexibility index (Phi) is 5.54. The second kappa shape index (κ2) is 6.93. The largest absolute Gasteiger partial charge is 0.480 e. The molecular formula is C13H22N4O3. The lowest BCUT2D eigenvalue weighted by Crippen LogP contribution is -2.55. The molecule has 0 bridgehead atoms. The van der Waals surface area contributed by atoms with Crippen LogP contribution < -0.4 is 10.6 Å². The highest BCUT2D eigenvalue weighted by atomic mass is 16.4. The maximum atomic E-state index is 11.7. The van der Waals surface area contributed by atoms with Crippen molar-refractivity contribution < 1.29 is 14.7 Å². The van der Waals surface area contributed by atoms with Crippen molar-refractivity contribution in [1.29, 1.82) is 0 Å². The zero-order chi connectivity index (χ0) is 15.2. The molecule has 0 radical (unpaired) electrons. The molecule has 1 rings (SSSR count). The molecule has 0 saturated carbocycles. The number of hydrogen-bond donors (Lipinski definition) is 3. The van der Waals surface area contributed by atoms with Crippen LogP contribution in [0.4, 0.5) is 4.79 Å². The maximum Gasteiger partial charge on any atom is 0.329 e. The van der Waals surface area contributed by atoms with Crippen molar-refractivity contribution in [2.75, 3.05) is 6.54 Å². The molecule has 0 spiro atoms. The van der Waals surface area contributed by atoms with Gasteiger partial charge in [0, 0.05) is 32.4 Å². The quantitative estimate of drug-likeness (QED) is 0.692. The van der Waals surface area contributed by atoms with E-state index in [1.54, 1.807) is 6.20 Å². The minimum Gasteiger partial charge on any atom is -0.480 e. The molecule has 1 unspecified atom stereocenters. The van der Waals surface area contributed by atoms with Gasteiger partial charge in [-0.3, -0.25) is 0 Å². The SMILES string of the molecule is CCCC(C)(NC(=O)NCCc1nccn1C)C(=O)O. The topological polar surface area (TPSA) is 96.3 Å². The van der Waals surface area contributed by atoms with Crippen molar-refractivity contribution in [3.8, 4) is 0 Å².